The normalized spacial score (nSPS) is 16.5. The van der Waals surface area contributed by atoms with Crippen LogP contribution in [0.3, 0.4) is 0 Å². The molecular weight excluding hydrogens is 392 g/mol. The zero-order valence-electron chi connectivity index (χ0n) is 15.1. The lowest BCUT2D eigenvalue weighted by atomic mass is 10.1. The van der Waals surface area contributed by atoms with Crippen molar-refractivity contribution in [1.82, 2.24) is 14.9 Å². The van der Waals surface area contributed by atoms with Gasteiger partial charge in [0.25, 0.3) is 0 Å². The van der Waals surface area contributed by atoms with Crippen LogP contribution in [0.1, 0.15) is 12.5 Å². The highest BCUT2D eigenvalue weighted by Crippen LogP contribution is 2.13. The van der Waals surface area contributed by atoms with Crippen molar-refractivity contribution >= 4 is 39.3 Å². The summed E-state index contributed by atoms with van der Waals surface area (Å²) in [5, 5.41) is 7.12. The maximum atomic E-state index is 12.3. The minimum atomic E-state index is -3.22. The molecule has 1 fully saturated rings. The average molecular weight is 419 g/mol. The molecule has 2 rings (SSSR count). The smallest absolute Gasteiger partial charge is 0.215 e. The number of sulfonamides is 1. The van der Waals surface area contributed by atoms with Crippen molar-refractivity contribution in [2.45, 2.75) is 13.3 Å². The van der Waals surface area contributed by atoms with Crippen molar-refractivity contribution in [1.29, 1.82) is 0 Å². The predicted molar refractivity (Wildman–Crippen MR) is 112 cm³/mol. The Morgan fingerprint density at radius 1 is 1.23 bits per heavy atom. The Kier molecular flexibility index (Phi) is 9.04. The largest absolute Gasteiger partial charge is 0.357 e. The number of benzene rings is 1. The monoisotopic (exact) mass is 418 g/mol. The second-order valence-electron chi connectivity index (χ2n) is 5.89. The van der Waals surface area contributed by atoms with Gasteiger partial charge in [0.2, 0.25) is 10.0 Å². The van der Waals surface area contributed by atoms with Crippen LogP contribution in [0.2, 0.25) is 5.02 Å². The quantitative estimate of drug-likeness (QED) is 0.497. The second-order valence-corrected chi connectivity index (χ2v) is 9.64. The van der Waals surface area contributed by atoms with Crippen LogP contribution in [-0.4, -0.2) is 68.7 Å². The topological polar surface area (TPSA) is 73.8 Å². The summed E-state index contributed by atoms with van der Waals surface area (Å²) in [4.78, 5) is 4.40. The van der Waals surface area contributed by atoms with Gasteiger partial charge in [-0.1, -0.05) is 23.7 Å². The van der Waals surface area contributed by atoms with Crippen molar-refractivity contribution < 1.29 is 8.42 Å². The molecule has 1 saturated heterocycles. The molecule has 0 saturated carbocycles. The fourth-order valence-corrected chi connectivity index (χ4v) is 5.12. The van der Waals surface area contributed by atoms with Gasteiger partial charge in [0.1, 0.15) is 0 Å². The molecule has 0 amide bonds. The van der Waals surface area contributed by atoms with Crippen LogP contribution < -0.4 is 10.6 Å². The van der Waals surface area contributed by atoms with Gasteiger partial charge in [0.15, 0.2) is 5.96 Å². The minimum absolute atomic E-state index is 0.0470. The Morgan fingerprint density at radius 3 is 2.58 bits per heavy atom. The molecule has 26 heavy (non-hydrogen) atoms. The summed E-state index contributed by atoms with van der Waals surface area (Å²) < 4.78 is 26.3. The lowest BCUT2D eigenvalue weighted by Gasteiger charge is -2.25. The van der Waals surface area contributed by atoms with E-state index in [4.69, 9.17) is 11.6 Å². The Labute approximate surface area is 165 Å². The van der Waals surface area contributed by atoms with E-state index in [2.05, 4.69) is 15.6 Å². The highest BCUT2D eigenvalue weighted by Gasteiger charge is 2.23. The lowest BCUT2D eigenvalue weighted by Crippen LogP contribution is -2.41. The van der Waals surface area contributed by atoms with E-state index < -0.39 is 10.0 Å². The van der Waals surface area contributed by atoms with Crippen LogP contribution in [0.15, 0.2) is 29.3 Å². The number of hydrogen-bond acceptors (Lipinski definition) is 4. The van der Waals surface area contributed by atoms with Crippen molar-refractivity contribution in [3.05, 3.63) is 34.9 Å². The molecule has 0 aromatic heterocycles. The summed E-state index contributed by atoms with van der Waals surface area (Å²) in [5.74, 6) is 2.44. The molecule has 1 aromatic rings. The second kappa shape index (κ2) is 11.0. The third kappa shape index (κ3) is 7.34. The molecule has 6 nitrogen and oxygen atoms in total. The first-order valence-corrected chi connectivity index (χ1v) is 12.0. The Morgan fingerprint density at radius 2 is 1.92 bits per heavy atom. The number of halogens is 1. The van der Waals surface area contributed by atoms with Gasteiger partial charge < -0.3 is 10.6 Å². The van der Waals surface area contributed by atoms with Crippen LogP contribution in [0, 0.1) is 0 Å². The highest BCUT2D eigenvalue weighted by molar-refractivity contribution is 7.99. The Hall–Kier alpha value is -0.960. The van der Waals surface area contributed by atoms with Crippen LogP contribution >= 0.6 is 23.4 Å². The Bertz CT molecular complexity index is 675. The van der Waals surface area contributed by atoms with Gasteiger partial charge in [-0.3, -0.25) is 4.99 Å². The predicted octanol–water partition coefficient (Wildman–Crippen LogP) is 1.82. The molecule has 1 aliphatic heterocycles. The number of thioether (sulfide) groups is 1. The number of aliphatic imine (C=N–C) groups is 1. The van der Waals surface area contributed by atoms with Gasteiger partial charge in [-0.25, -0.2) is 12.7 Å². The zero-order valence-corrected chi connectivity index (χ0v) is 17.5. The molecule has 2 N–H and O–H groups in total. The maximum absolute atomic E-state index is 12.3. The molecule has 0 atom stereocenters. The molecule has 146 valence electrons. The fraction of sp³-hybridized carbons (Fsp3) is 0.588. The molecular formula is C17H27ClN4O2S2. The summed E-state index contributed by atoms with van der Waals surface area (Å²) in [6, 6.07) is 7.75. The van der Waals surface area contributed by atoms with Gasteiger partial charge >= 0.3 is 0 Å². The Balaban J connectivity index is 1.80. The van der Waals surface area contributed by atoms with Crippen molar-refractivity contribution in [2.24, 2.45) is 4.99 Å². The molecule has 1 aliphatic rings. The van der Waals surface area contributed by atoms with E-state index in [1.165, 1.54) is 5.56 Å². The molecule has 1 aromatic carbocycles. The van der Waals surface area contributed by atoms with Gasteiger partial charge in [-0.05, 0) is 31.0 Å². The van der Waals surface area contributed by atoms with Crippen molar-refractivity contribution in [2.75, 3.05) is 50.0 Å². The first-order chi connectivity index (χ1) is 12.5. The number of guanidine groups is 1. The van der Waals surface area contributed by atoms with Gasteiger partial charge in [0, 0.05) is 42.7 Å². The number of hydrogen-bond donors (Lipinski definition) is 2. The SMILES string of the molecule is CCNC(=NCCS(=O)(=O)N1CCSCC1)NCCc1ccc(Cl)cc1. The highest BCUT2D eigenvalue weighted by atomic mass is 35.5. The molecule has 0 spiro atoms. The summed E-state index contributed by atoms with van der Waals surface area (Å²) in [6.45, 7) is 4.89. The van der Waals surface area contributed by atoms with E-state index in [0.29, 0.717) is 25.6 Å². The van der Waals surface area contributed by atoms with Crippen LogP contribution in [0.25, 0.3) is 0 Å². The zero-order chi connectivity index (χ0) is 18.8. The van der Waals surface area contributed by atoms with E-state index in [9.17, 15) is 8.42 Å². The number of rotatable bonds is 8. The van der Waals surface area contributed by atoms with E-state index in [0.717, 1.165) is 29.5 Å². The van der Waals surface area contributed by atoms with Gasteiger partial charge in [0.05, 0.1) is 12.3 Å². The third-order valence-electron chi connectivity index (χ3n) is 3.95. The first kappa shape index (κ1) is 21.3. The summed E-state index contributed by atoms with van der Waals surface area (Å²) in [6.07, 6.45) is 0.839. The molecule has 1 heterocycles. The van der Waals surface area contributed by atoms with Crippen molar-refractivity contribution in [3.63, 3.8) is 0 Å². The molecule has 0 unspecified atom stereocenters. The van der Waals surface area contributed by atoms with Crippen molar-refractivity contribution in [3.8, 4) is 0 Å². The maximum Gasteiger partial charge on any atom is 0.215 e. The molecule has 0 bridgehead atoms. The molecule has 0 radical (unpaired) electrons. The van der Waals surface area contributed by atoms with Gasteiger partial charge in [-0.2, -0.15) is 11.8 Å². The van der Waals surface area contributed by atoms with Crippen LogP contribution in [-0.2, 0) is 16.4 Å². The third-order valence-corrected chi connectivity index (χ3v) is 6.99. The number of nitrogens with zero attached hydrogens (tertiary/aromatic N) is 2. The van der Waals surface area contributed by atoms with Gasteiger partial charge in [-0.15, -0.1) is 0 Å². The lowest BCUT2D eigenvalue weighted by molar-refractivity contribution is 0.444. The van der Waals surface area contributed by atoms with E-state index in [1.54, 1.807) is 16.1 Å². The first-order valence-electron chi connectivity index (χ1n) is 8.83. The van der Waals surface area contributed by atoms with Crippen LogP contribution in [0.4, 0.5) is 0 Å². The minimum Gasteiger partial charge on any atom is -0.357 e. The van der Waals surface area contributed by atoms with E-state index in [-0.39, 0.29) is 12.3 Å². The molecule has 0 aliphatic carbocycles. The standard InChI is InChI=1S/C17H27ClN4O2S2/c1-2-19-17(20-8-7-15-3-5-16(18)6-4-15)21-9-14-26(23,24)22-10-12-25-13-11-22/h3-6H,2,7-14H2,1H3,(H2,19,20,21). The summed E-state index contributed by atoms with van der Waals surface area (Å²) >= 11 is 7.69. The number of nitrogens with one attached hydrogen (secondary N) is 2. The average Bonchev–Trinajstić information content (AvgIpc) is 2.64. The molecule has 9 heteroatoms. The summed E-state index contributed by atoms with van der Waals surface area (Å²) in [5.41, 5.74) is 1.18. The van der Waals surface area contributed by atoms with E-state index in [1.807, 2.05) is 31.2 Å². The van der Waals surface area contributed by atoms with Crippen LogP contribution in [0.5, 0.6) is 0 Å². The fourth-order valence-electron chi connectivity index (χ4n) is 2.54. The van der Waals surface area contributed by atoms with E-state index >= 15 is 0 Å². The summed E-state index contributed by atoms with van der Waals surface area (Å²) in [7, 11) is -3.22.